The average Bonchev–Trinajstić information content (AvgIpc) is 3.33. The Morgan fingerprint density at radius 3 is 2.69 bits per heavy atom. The SMILES string of the molecule is CCOC1CCC(n2cc(NC(=O)c3cccc(-c4cncc(C)c4)n3)c(-c3cnccn3)n2)CC1. The minimum absolute atomic E-state index is 0.234. The fourth-order valence-corrected chi connectivity index (χ4v) is 4.60. The molecule has 1 aliphatic carbocycles. The Kier molecular flexibility index (Phi) is 7.08. The number of carbonyl (C=O) groups excluding carboxylic acids is 1. The molecule has 0 atom stereocenters. The zero-order valence-corrected chi connectivity index (χ0v) is 20.5. The van der Waals surface area contributed by atoms with Crippen LogP contribution in [0.15, 0.2) is 61.4 Å². The minimum atomic E-state index is -0.317. The summed E-state index contributed by atoms with van der Waals surface area (Å²) in [6.07, 6.45) is 14.5. The molecule has 0 spiro atoms. The molecule has 5 rings (SSSR count). The van der Waals surface area contributed by atoms with Gasteiger partial charge in [-0.2, -0.15) is 5.10 Å². The van der Waals surface area contributed by atoms with Crippen molar-refractivity contribution in [3.63, 3.8) is 0 Å². The summed E-state index contributed by atoms with van der Waals surface area (Å²) in [6, 6.07) is 7.62. The topological polar surface area (TPSA) is 108 Å². The second-order valence-corrected chi connectivity index (χ2v) is 8.96. The highest BCUT2D eigenvalue weighted by Crippen LogP contribution is 2.33. The molecule has 0 saturated heterocycles. The van der Waals surface area contributed by atoms with E-state index in [1.54, 1.807) is 37.1 Å². The fraction of sp³-hybridized carbons (Fsp3) is 0.333. The number of anilines is 1. The number of rotatable bonds is 7. The lowest BCUT2D eigenvalue weighted by atomic mass is 9.93. The summed E-state index contributed by atoms with van der Waals surface area (Å²) in [5.74, 6) is -0.317. The van der Waals surface area contributed by atoms with Gasteiger partial charge in [-0.1, -0.05) is 6.07 Å². The number of ether oxygens (including phenoxy) is 1. The third kappa shape index (κ3) is 5.31. The molecular formula is C27H29N7O2. The molecule has 1 amide bonds. The highest BCUT2D eigenvalue weighted by Gasteiger charge is 2.25. The van der Waals surface area contributed by atoms with Gasteiger partial charge in [0, 0.05) is 43.2 Å². The first-order valence-corrected chi connectivity index (χ1v) is 12.3. The summed E-state index contributed by atoms with van der Waals surface area (Å²) >= 11 is 0. The lowest BCUT2D eigenvalue weighted by Gasteiger charge is -2.28. The number of amides is 1. The van der Waals surface area contributed by atoms with E-state index in [1.165, 1.54) is 0 Å². The Labute approximate surface area is 210 Å². The Morgan fingerprint density at radius 2 is 1.94 bits per heavy atom. The maximum absolute atomic E-state index is 13.3. The number of hydrogen-bond donors (Lipinski definition) is 1. The summed E-state index contributed by atoms with van der Waals surface area (Å²) in [4.78, 5) is 30.7. The van der Waals surface area contributed by atoms with E-state index in [2.05, 4.69) is 25.3 Å². The quantitative estimate of drug-likeness (QED) is 0.399. The second-order valence-electron chi connectivity index (χ2n) is 8.96. The molecule has 9 nitrogen and oxygen atoms in total. The van der Waals surface area contributed by atoms with Crippen molar-refractivity contribution in [2.75, 3.05) is 11.9 Å². The summed E-state index contributed by atoms with van der Waals surface area (Å²) in [7, 11) is 0. The van der Waals surface area contributed by atoms with Crippen LogP contribution in [-0.4, -0.2) is 48.3 Å². The Morgan fingerprint density at radius 1 is 1.08 bits per heavy atom. The summed E-state index contributed by atoms with van der Waals surface area (Å²) in [6.45, 7) is 4.74. The molecule has 184 valence electrons. The van der Waals surface area contributed by atoms with Crippen molar-refractivity contribution in [3.05, 3.63) is 72.7 Å². The molecule has 1 fully saturated rings. The van der Waals surface area contributed by atoms with Crippen molar-refractivity contribution >= 4 is 11.6 Å². The molecule has 9 heteroatoms. The van der Waals surface area contributed by atoms with Crippen molar-refractivity contribution in [1.82, 2.24) is 29.7 Å². The van der Waals surface area contributed by atoms with Gasteiger partial charge in [0.05, 0.1) is 29.7 Å². The van der Waals surface area contributed by atoms with Crippen LogP contribution in [0.1, 0.15) is 54.7 Å². The maximum Gasteiger partial charge on any atom is 0.274 e. The van der Waals surface area contributed by atoms with Crippen LogP contribution < -0.4 is 5.32 Å². The predicted molar refractivity (Wildman–Crippen MR) is 136 cm³/mol. The highest BCUT2D eigenvalue weighted by atomic mass is 16.5. The number of hydrogen-bond acceptors (Lipinski definition) is 7. The van der Waals surface area contributed by atoms with Gasteiger partial charge in [-0.3, -0.25) is 24.4 Å². The molecule has 0 bridgehead atoms. The fourth-order valence-electron chi connectivity index (χ4n) is 4.60. The van der Waals surface area contributed by atoms with Gasteiger partial charge in [0.15, 0.2) is 0 Å². The van der Waals surface area contributed by atoms with Gasteiger partial charge in [0.1, 0.15) is 17.1 Å². The molecule has 4 aromatic heterocycles. The Hall–Kier alpha value is -3.98. The number of pyridine rings is 2. The first kappa shape index (κ1) is 23.7. The van der Waals surface area contributed by atoms with Gasteiger partial charge in [0.25, 0.3) is 5.91 Å². The van der Waals surface area contributed by atoms with Gasteiger partial charge >= 0.3 is 0 Å². The molecule has 0 aromatic carbocycles. The maximum atomic E-state index is 13.3. The van der Waals surface area contributed by atoms with E-state index in [1.807, 2.05) is 42.9 Å². The standard InChI is InChI=1S/C27H29N7O2/c1-3-36-21-9-7-20(8-10-21)34-17-25(26(33-34)24-16-28-11-12-30-24)32-27(35)23-6-4-5-22(31-23)19-13-18(2)14-29-15-19/h4-6,11-17,20-21H,3,7-10H2,1-2H3,(H,32,35). The highest BCUT2D eigenvalue weighted by molar-refractivity contribution is 6.04. The molecule has 4 aromatic rings. The van der Waals surface area contributed by atoms with Gasteiger partial charge in [-0.05, 0) is 63.3 Å². The number of nitrogens with one attached hydrogen (secondary N) is 1. The number of nitrogens with zero attached hydrogens (tertiary/aromatic N) is 6. The van der Waals surface area contributed by atoms with E-state index >= 15 is 0 Å². The average molecular weight is 484 g/mol. The van der Waals surface area contributed by atoms with Crippen LogP contribution in [0.2, 0.25) is 0 Å². The largest absolute Gasteiger partial charge is 0.379 e. The predicted octanol–water partition coefficient (Wildman–Crippen LogP) is 4.88. The lowest BCUT2D eigenvalue weighted by molar-refractivity contribution is 0.0260. The molecule has 0 aliphatic heterocycles. The Balaban J connectivity index is 1.41. The first-order valence-electron chi connectivity index (χ1n) is 12.3. The number of aryl methyl sites for hydroxylation is 1. The van der Waals surface area contributed by atoms with Crippen molar-refractivity contribution in [1.29, 1.82) is 0 Å². The number of aromatic nitrogens is 6. The molecule has 1 N–H and O–H groups in total. The smallest absolute Gasteiger partial charge is 0.274 e. The van der Waals surface area contributed by atoms with E-state index in [0.29, 0.717) is 34.6 Å². The van der Waals surface area contributed by atoms with Crippen LogP contribution in [-0.2, 0) is 4.74 Å². The van der Waals surface area contributed by atoms with E-state index in [4.69, 9.17) is 9.84 Å². The zero-order valence-electron chi connectivity index (χ0n) is 20.5. The molecule has 36 heavy (non-hydrogen) atoms. The van der Waals surface area contributed by atoms with Crippen molar-refractivity contribution < 1.29 is 9.53 Å². The van der Waals surface area contributed by atoms with E-state index in [-0.39, 0.29) is 11.9 Å². The van der Waals surface area contributed by atoms with Crippen molar-refractivity contribution in [2.45, 2.75) is 51.7 Å². The molecule has 0 radical (unpaired) electrons. The molecule has 4 heterocycles. The van der Waals surface area contributed by atoms with E-state index < -0.39 is 0 Å². The summed E-state index contributed by atoms with van der Waals surface area (Å²) < 4.78 is 7.75. The monoisotopic (exact) mass is 483 g/mol. The molecule has 1 aliphatic rings. The van der Waals surface area contributed by atoms with Crippen LogP contribution in [0.25, 0.3) is 22.6 Å². The van der Waals surface area contributed by atoms with Gasteiger partial charge in [0.2, 0.25) is 0 Å². The third-order valence-electron chi connectivity index (χ3n) is 6.36. The van der Waals surface area contributed by atoms with E-state index in [0.717, 1.165) is 43.4 Å². The van der Waals surface area contributed by atoms with Crippen LogP contribution in [0, 0.1) is 6.92 Å². The normalized spacial score (nSPS) is 17.6. The molecule has 0 unspecified atom stereocenters. The summed E-state index contributed by atoms with van der Waals surface area (Å²) in [5.41, 5.74) is 4.65. The van der Waals surface area contributed by atoms with Gasteiger partial charge in [-0.25, -0.2) is 4.98 Å². The first-order chi connectivity index (χ1) is 17.6. The zero-order chi connectivity index (χ0) is 24.9. The van der Waals surface area contributed by atoms with E-state index in [9.17, 15) is 4.79 Å². The van der Waals surface area contributed by atoms with Gasteiger partial charge < -0.3 is 10.1 Å². The number of carbonyl (C=O) groups is 1. The van der Waals surface area contributed by atoms with Gasteiger partial charge in [-0.15, -0.1) is 0 Å². The molecule has 1 saturated carbocycles. The van der Waals surface area contributed by atoms with Crippen molar-refractivity contribution in [3.8, 4) is 22.6 Å². The van der Waals surface area contributed by atoms with Crippen LogP contribution in [0.4, 0.5) is 5.69 Å². The third-order valence-corrected chi connectivity index (χ3v) is 6.36. The summed E-state index contributed by atoms with van der Waals surface area (Å²) in [5, 5.41) is 7.84. The van der Waals surface area contributed by atoms with Crippen LogP contribution in [0.5, 0.6) is 0 Å². The van der Waals surface area contributed by atoms with Crippen LogP contribution >= 0.6 is 0 Å². The molecular weight excluding hydrogens is 454 g/mol. The second kappa shape index (κ2) is 10.7. The van der Waals surface area contributed by atoms with Crippen molar-refractivity contribution in [2.24, 2.45) is 0 Å². The Bertz CT molecular complexity index is 1330. The minimum Gasteiger partial charge on any atom is -0.379 e. The van der Waals surface area contributed by atoms with Crippen LogP contribution in [0.3, 0.4) is 0 Å². The lowest BCUT2D eigenvalue weighted by Crippen LogP contribution is -2.24.